The first-order valence-electron chi connectivity index (χ1n) is 10.2. The van der Waals surface area contributed by atoms with Gasteiger partial charge in [0.1, 0.15) is 11.5 Å². The molecule has 1 atom stereocenters. The van der Waals surface area contributed by atoms with Crippen molar-refractivity contribution in [2.24, 2.45) is 5.41 Å². The van der Waals surface area contributed by atoms with E-state index in [4.69, 9.17) is 4.42 Å². The first-order valence-corrected chi connectivity index (χ1v) is 10.2. The lowest BCUT2D eigenvalue weighted by Crippen LogP contribution is -2.36. The molecule has 1 aliphatic rings. The molecule has 3 aromatic rings. The SMILES string of the molecule is Cc1cc2c(o1)CC(C)(C)CC2NC(=O)c1c(C)nn(Cc2ccccc2)c1C. The third-order valence-electron chi connectivity index (χ3n) is 5.83. The number of rotatable bonds is 4. The summed E-state index contributed by atoms with van der Waals surface area (Å²) in [5.41, 5.74) is 4.68. The predicted molar refractivity (Wildman–Crippen MR) is 113 cm³/mol. The minimum atomic E-state index is -0.0631. The molecule has 0 saturated heterocycles. The molecule has 29 heavy (non-hydrogen) atoms. The minimum Gasteiger partial charge on any atom is -0.466 e. The standard InChI is InChI=1S/C24H29N3O2/c1-15-11-19-20(12-24(4,5)13-21(19)29-15)25-23(28)22-16(2)26-27(17(22)3)14-18-9-7-6-8-10-18/h6-11,20H,12-14H2,1-5H3,(H,25,28). The Bertz CT molecular complexity index is 1040. The van der Waals surface area contributed by atoms with E-state index in [9.17, 15) is 4.79 Å². The lowest BCUT2D eigenvalue weighted by Gasteiger charge is -2.34. The van der Waals surface area contributed by atoms with Gasteiger partial charge >= 0.3 is 0 Å². The zero-order valence-corrected chi connectivity index (χ0v) is 17.9. The van der Waals surface area contributed by atoms with Gasteiger partial charge in [-0.1, -0.05) is 44.2 Å². The van der Waals surface area contributed by atoms with Crippen molar-refractivity contribution in [1.82, 2.24) is 15.1 Å². The van der Waals surface area contributed by atoms with E-state index >= 15 is 0 Å². The molecule has 1 amide bonds. The normalized spacial score (nSPS) is 17.8. The molecule has 2 aromatic heterocycles. The maximum atomic E-state index is 13.3. The number of furan rings is 1. The largest absolute Gasteiger partial charge is 0.466 e. The summed E-state index contributed by atoms with van der Waals surface area (Å²) in [5.74, 6) is 1.83. The molecule has 0 fully saturated rings. The smallest absolute Gasteiger partial charge is 0.255 e. The van der Waals surface area contributed by atoms with E-state index in [0.717, 1.165) is 46.9 Å². The van der Waals surface area contributed by atoms with Gasteiger partial charge in [0.15, 0.2) is 0 Å². The first kappa shape index (κ1) is 19.5. The van der Waals surface area contributed by atoms with Crippen LogP contribution in [0.3, 0.4) is 0 Å². The number of carbonyl (C=O) groups is 1. The zero-order valence-electron chi connectivity index (χ0n) is 17.9. The molecule has 0 radical (unpaired) electrons. The van der Waals surface area contributed by atoms with Crippen molar-refractivity contribution >= 4 is 5.91 Å². The molecular formula is C24H29N3O2. The van der Waals surface area contributed by atoms with Gasteiger partial charge in [-0.2, -0.15) is 5.10 Å². The van der Waals surface area contributed by atoms with E-state index in [1.807, 2.05) is 43.7 Å². The molecule has 1 aliphatic carbocycles. The summed E-state index contributed by atoms with van der Waals surface area (Å²) in [6.45, 7) is 10.9. The molecule has 0 aliphatic heterocycles. The monoisotopic (exact) mass is 391 g/mol. The third kappa shape index (κ3) is 3.86. The number of amides is 1. The van der Waals surface area contributed by atoms with Crippen LogP contribution in [0.4, 0.5) is 0 Å². The molecule has 4 rings (SSSR count). The van der Waals surface area contributed by atoms with Crippen molar-refractivity contribution in [1.29, 1.82) is 0 Å². The number of nitrogens with one attached hydrogen (secondary N) is 1. The van der Waals surface area contributed by atoms with Crippen LogP contribution in [0.5, 0.6) is 0 Å². The fourth-order valence-corrected chi connectivity index (χ4v) is 4.48. The second-order valence-corrected chi connectivity index (χ2v) is 9.00. The van der Waals surface area contributed by atoms with Gasteiger partial charge in [-0.3, -0.25) is 9.48 Å². The van der Waals surface area contributed by atoms with E-state index in [1.165, 1.54) is 0 Å². The summed E-state index contributed by atoms with van der Waals surface area (Å²) in [6, 6.07) is 12.2. The number of benzene rings is 1. The Morgan fingerprint density at radius 2 is 1.97 bits per heavy atom. The number of fused-ring (bicyclic) bond motifs is 1. The van der Waals surface area contributed by atoms with Gasteiger partial charge in [0.05, 0.1) is 23.8 Å². The van der Waals surface area contributed by atoms with Crippen molar-refractivity contribution in [3.05, 3.63) is 76.0 Å². The Kier molecular flexibility index (Phi) is 4.85. The summed E-state index contributed by atoms with van der Waals surface area (Å²) >= 11 is 0. The van der Waals surface area contributed by atoms with Crippen LogP contribution in [0.1, 0.15) is 70.7 Å². The molecule has 1 unspecified atom stereocenters. The molecule has 1 aromatic carbocycles. The predicted octanol–water partition coefficient (Wildman–Crippen LogP) is 4.89. The van der Waals surface area contributed by atoms with E-state index in [-0.39, 0.29) is 17.4 Å². The van der Waals surface area contributed by atoms with E-state index in [1.54, 1.807) is 0 Å². The van der Waals surface area contributed by atoms with Crippen molar-refractivity contribution < 1.29 is 9.21 Å². The van der Waals surface area contributed by atoms with Gasteiger partial charge in [-0.05, 0) is 44.2 Å². The van der Waals surface area contributed by atoms with E-state index < -0.39 is 0 Å². The van der Waals surface area contributed by atoms with E-state index in [2.05, 4.69) is 42.5 Å². The number of nitrogens with zero attached hydrogens (tertiary/aromatic N) is 2. The fraction of sp³-hybridized carbons (Fsp3) is 0.417. The lowest BCUT2D eigenvalue weighted by molar-refractivity contribution is 0.0916. The Morgan fingerprint density at radius 1 is 1.24 bits per heavy atom. The summed E-state index contributed by atoms with van der Waals surface area (Å²) < 4.78 is 7.82. The minimum absolute atomic E-state index is 0.0463. The van der Waals surface area contributed by atoms with Crippen molar-refractivity contribution in [3.8, 4) is 0 Å². The molecule has 1 N–H and O–H groups in total. The van der Waals surface area contributed by atoms with E-state index in [0.29, 0.717) is 12.1 Å². The van der Waals surface area contributed by atoms with Crippen LogP contribution >= 0.6 is 0 Å². The highest BCUT2D eigenvalue weighted by Gasteiger charge is 2.36. The highest BCUT2D eigenvalue weighted by atomic mass is 16.3. The summed E-state index contributed by atoms with van der Waals surface area (Å²) in [6.07, 6.45) is 1.79. The molecule has 0 spiro atoms. The van der Waals surface area contributed by atoms with Gasteiger partial charge in [-0.25, -0.2) is 0 Å². The summed E-state index contributed by atoms with van der Waals surface area (Å²) in [5, 5.41) is 7.90. The number of hydrogen-bond acceptors (Lipinski definition) is 3. The molecule has 5 nitrogen and oxygen atoms in total. The van der Waals surface area contributed by atoms with Crippen molar-refractivity contribution in [3.63, 3.8) is 0 Å². The fourth-order valence-electron chi connectivity index (χ4n) is 4.48. The zero-order chi connectivity index (χ0) is 20.8. The maximum absolute atomic E-state index is 13.3. The van der Waals surface area contributed by atoms with Gasteiger partial charge in [0, 0.05) is 17.7 Å². The van der Waals surface area contributed by atoms with Gasteiger partial charge in [-0.15, -0.1) is 0 Å². The van der Waals surface area contributed by atoms with Gasteiger partial charge in [0.25, 0.3) is 5.91 Å². The van der Waals surface area contributed by atoms with Crippen molar-refractivity contribution in [2.45, 2.75) is 60.0 Å². The average molecular weight is 392 g/mol. The summed E-state index contributed by atoms with van der Waals surface area (Å²) in [7, 11) is 0. The maximum Gasteiger partial charge on any atom is 0.255 e. The topological polar surface area (TPSA) is 60.1 Å². The second-order valence-electron chi connectivity index (χ2n) is 9.00. The van der Waals surface area contributed by atoms with Crippen LogP contribution in [-0.4, -0.2) is 15.7 Å². The molecule has 152 valence electrons. The second kappa shape index (κ2) is 7.21. The number of hydrogen-bond donors (Lipinski definition) is 1. The molecule has 5 heteroatoms. The molecule has 0 bridgehead atoms. The number of carbonyl (C=O) groups excluding carboxylic acids is 1. The molecular weight excluding hydrogens is 362 g/mol. The Balaban J connectivity index is 1.59. The highest BCUT2D eigenvalue weighted by Crippen LogP contribution is 2.42. The number of aryl methyl sites for hydroxylation is 2. The molecule has 0 saturated carbocycles. The van der Waals surface area contributed by atoms with Gasteiger partial charge in [0.2, 0.25) is 0 Å². The number of aromatic nitrogens is 2. The van der Waals surface area contributed by atoms with Crippen LogP contribution in [-0.2, 0) is 13.0 Å². The Labute approximate surface area is 172 Å². The summed E-state index contributed by atoms with van der Waals surface area (Å²) in [4.78, 5) is 13.3. The van der Waals surface area contributed by atoms with Crippen LogP contribution in [0.25, 0.3) is 0 Å². The van der Waals surface area contributed by atoms with Crippen LogP contribution in [0.2, 0.25) is 0 Å². The quantitative estimate of drug-likeness (QED) is 0.689. The van der Waals surface area contributed by atoms with Crippen LogP contribution < -0.4 is 5.32 Å². The third-order valence-corrected chi connectivity index (χ3v) is 5.83. The van der Waals surface area contributed by atoms with Gasteiger partial charge < -0.3 is 9.73 Å². The Hall–Kier alpha value is -2.82. The Morgan fingerprint density at radius 3 is 2.69 bits per heavy atom. The van der Waals surface area contributed by atoms with Crippen molar-refractivity contribution in [2.75, 3.05) is 0 Å². The lowest BCUT2D eigenvalue weighted by atomic mass is 9.74. The van der Waals surface area contributed by atoms with Crippen LogP contribution in [0.15, 0.2) is 40.8 Å². The first-order chi connectivity index (χ1) is 13.7. The molecule has 2 heterocycles. The highest BCUT2D eigenvalue weighted by molar-refractivity contribution is 5.96. The average Bonchev–Trinajstić information content (AvgIpc) is 3.13. The van der Waals surface area contributed by atoms with Crippen LogP contribution in [0, 0.1) is 26.2 Å².